The zero-order valence-electron chi connectivity index (χ0n) is 7.37. The van der Waals surface area contributed by atoms with Crippen LogP contribution < -0.4 is 5.73 Å². The molecule has 0 aromatic carbocycles. The summed E-state index contributed by atoms with van der Waals surface area (Å²) in [5, 5.41) is 0. The van der Waals surface area contributed by atoms with Crippen LogP contribution in [0.25, 0.3) is 0 Å². The minimum absolute atomic E-state index is 0.537. The van der Waals surface area contributed by atoms with Gasteiger partial charge in [-0.15, -0.1) is 0 Å². The van der Waals surface area contributed by atoms with Gasteiger partial charge in [0.15, 0.2) is 0 Å². The van der Waals surface area contributed by atoms with E-state index in [0.29, 0.717) is 0 Å². The lowest BCUT2D eigenvalue weighted by Gasteiger charge is -2.18. The molecule has 0 aliphatic heterocycles. The molecule has 11 heavy (non-hydrogen) atoms. The summed E-state index contributed by atoms with van der Waals surface area (Å²) in [7, 11) is 0. The van der Waals surface area contributed by atoms with E-state index in [0.717, 1.165) is 0 Å². The number of hydrogen-bond acceptors (Lipinski definition) is 1. The maximum Gasteiger partial charge on any atom is 0.403 e. The number of nitrogens with two attached hydrogens (primary N) is 1. The lowest BCUT2D eigenvalue weighted by Crippen LogP contribution is -2.41. The minimum Gasteiger partial charge on any atom is -0.320 e. The summed E-state index contributed by atoms with van der Waals surface area (Å²) in [6.07, 6.45) is -4.24. The van der Waals surface area contributed by atoms with Crippen LogP contribution in [0.3, 0.4) is 0 Å². The van der Waals surface area contributed by atoms with E-state index in [1.165, 1.54) is 13.8 Å². The van der Waals surface area contributed by atoms with Crippen molar-refractivity contribution in [3.8, 4) is 0 Å². The van der Waals surface area contributed by atoms with Crippen LogP contribution in [0.15, 0.2) is 0 Å². The van der Waals surface area contributed by atoms with Crippen LogP contribution in [0.1, 0.15) is 27.7 Å². The molecule has 0 aromatic heterocycles. The molecule has 0 fully saturated rings. The molecule has 0 saturated heterocycles. The summed E-state index contributed by atoms with van der Waals surface area (Å²) in [6.45, 7) is 6.89. The summed E-state index contributed by atoms with van der Waals surface area (Å²) in [5.74, 6) is -0.537. The summed E-state index contributed by atoms with van der Waals surface area (Å²) >= 11 is 0. The first kappa shape index (κ1) is 13.3. The molecule has 1 nitrogen and oxygen atoms in total. The molecule has 0 spiro atoms. The maximum atomic E-state index is 11.6. The normalized spacial score (nSPS) is 13.9. The molecular weight excluding hydrogens is 155 g/mol. The van der Waals surface area contributed by atoms with Crippen molar-refractivity contribution in [2.24, 2.45) is 11.7 Å². The van der Waals surface area contributed by atoms with Crippen LogP contribution in [0.2, 0.25) is 0 Å². The highest BCUT2D eigenvalue weighted by Crippen LogP contribution is 2.22. The molecule has 0 bridgehead atoms. The number of alkyl halides is 3. The van der Waals surface area contributed by atoms with E-state index in [-0.39, 0.29) is 0 Å². The molecule has 1 atom stereocenters. The Kier molecular flexibility index (Phi) is 6.56. The summed E-state index contributed by atoms with van der Waals surface area (Å²) in [6, 6.07) is -1.68. The van der Waals surface area contributed by atoms with E-state index in [1.54, 1.807) is 0 Å². The molecule has 0 heterocycles. The second kappa shape index (κ2) is 5.41. The molecule has 0 aliphatic carbocycles. The Morgan fingerprint density at radius 1 is 1.09 bits per heavy atom. The molecule has 0 rings (SSSR count). The lowest BCUT2D eigenvalue weighted by atomic mass is 10.1. The average molecular weight is 171 g/mol. The first-order chi connectivity index (χ1) is 4.85. The van der Waals surface area contributed by atoms with Gasteiger partial charge < -0.3 is 5.73 Å². The van der Waals surface area contributed by atoms with Crippen molar-refractivity contribution in [2.75, 3.05) is 0 Å². The Hall–Kier alpha value is -0.250. The van der Waals surface area contributed by atoms with Gasteiger partial charge >= 0.3 is 6.18 Å². The maximum absolute atomic E-state index is 11.6. The van der Waals surface area contributed by atoms with Gasteiger partial charge in [0.2, 0.25) is 0 Å². The predicted octanol–water partition coefficient (Wildman–Crippen LogP) is 2.56. The van der Waals surface area contributed by atoms with E-state index < -0.39 is 18.1 Å². The Bertz CT molecular complexity index is 88.2. The quantitative estimate of drug-likeness (QED) is 0.644. The van der Waals surface area contributed by atoms with E-state index >= 15 is 0 Å². The topological polar surface area (TPSA) is 26.0 Å². The third kappa shape index (κ3) is 6.16. The van der Waals surface area contributed by atoms with Gasteiger partial charge in [0.05, 0.1) is 0 Å². The van der Waals surface area contributed by atoms with E-state index in [2.05, 4.69) is 0 Å². The van der Waals surface area contributed by atoms with Crippen LogP contribution in [-0.4, -0.2) is 12.2 Å². The number of hydrogen-bond donors (Lipinski definition) is 1. The molecule has 70 valence electrons. The molecule has 0 aliphatic rings. The van der Waals surface area contributed by atoms with E-state index in [1.807, 2.05) is 13.8 Å². The predicted molar refractivity (Wildman–Crippen MR) is 40.2 cm³/mol. The van der Waals surface area contributed by atoms with E-state index in [9.17, 15) is 13.2 Å². The van der Waals surface area contributed by atoms with Crippen molar-refractivity contribution >= 4 is 0 Å². The van der Waals surface area contributed by atoms with Crippen LogP contribution in [0, 0.1) is 5.92 Å². The van der Waals surface area contributed by atoms with Gasteiger partial charge in [0.25, 0.3) is 0 Å². The molecular formula is C7H16F3N. The first-order valence-corrected chi connectivity index (χ1v) is 3.68. The first-order valence-electron chi connectivity index (χ1n) is 3.68. The fourth-order valence-corrected chi connectivity index (χ4v) is 0.378. The SMILES string of the molecule is CC.CC(C)C(N)C(F)(F)F. The largest absolute Gasteiger partial charge is 0.403 e. The molecule has 1 unspecified atom stereocenters. The Balaban J connectivity index is 0. The summed E-state index contributed by atoms with van der Waals surface area (Å²) in [4.78, 5) is 0. The van der Waals surface area contributed by atoms with Crippen molar-refractivity contribution in [3.05, 3.63) is 0 Å². The third-order valence-corrected chi connectivity index (χ3v) is 1.10. The highest BCUT2D eigenvalue weighted by atomic mass is 19.4. The fraction of sp³-hybridized carbons (Fsp3) is 1.00. The monoisotopic (exact) mass is 171 g/mol. The van der Waals surface area contributed by atoms with Crippen molar-refractivity contribution in [1.82, 2.24) is 0 Å². The molecule has 2 N–H and O–H groups in total. The van der Waals surface area contributed by atoms with Crippen LogP contribution in [0.5, 0.6) is 0 Å². The Labute approximate surface area is 65.8 Å². The fourth-order valence-electron chi connectivity index (χ4n) is 0.378. The van der Waals surface area contributed by atoms with Crippen LogP contribution in [0.4, 0.5) is 13.2 Å². The van der Waals surface area contributed by atoms with Gasteiger partial charge in [-0.05, 0) is 5.92 Å². The molecule has 0 amide bonds. The standard InChI is InChI=1S/C5H10F3N.C2H6/c1-3(2)4(9)5(6,7)8;1-2/h3-4H,9H2,1-2H3;1-2H3. The van der Waals surface area contributed by atoms with Crippen LogP contribution >= 0.6 is 0 Å². The van der Waals surface area contributed by atoms with Gasteiger partial charge in [-0.3, -0.25) is 0 Å². The average Bonchev–Trinajstić information content (AvgIpc) is 1.89. The molecule has 4 heteroatoms. The van der Waals surface area contributed by atoms with Gasteiger partial charge in [0.1, 0.15) is 6.04 Å². The van der Waals surface area contributed by atoms with Crippen LogP contribution in [-0.2, 0) is 0 Å². The van der Waals surface area contributed by atoms with Crippen molar-refractivity contribution in [1.29, 1.82) is 0 Å². The van der Waals surface area contributed by atoms with Gasteiger partial charge in [-0.1, -0.05) is 27.7 Å². The Morgan fingerprint density at radius 2 is 1.36 bits per heavy atom. The van der Waals surface area contributed by atoms with Gasteiger partial charge in [-0.2, -0.15) is 13.2 Å². The highest BCUT2D eigenvalue weighted by molar-refractivity contribution is 4.72. The minimum atomic E-state index is -4.24. The second-order valence-corrected chi connectivity index (χ2v) is 2.31. The zero-order chi connectivity index (χ0) is 9.65. The van der Waals surface area contributed by atoms with Gasteiger partial charge in [0, 0.05) is 0 Å². The smallest absolute Gasteiger partial charge is 0.320 e. The lowest BCUT2D eigenvalue weighted by molar-refractivity contribution is -0.156. The van der Waals surface area contributed by atoms with Crippen molar-refractivity contribution in [3.63, 3.8) is 0 Å². The van der Waals surface area contributed by atoms with Crippen molar-refractivity contribution < 1.29 is 13.2 Å². The molecule has 0 saturated carbocycles. The second-order valence-electron chi connectivity index (χ2n) is 2.31. The Morgan fingerprint density at radius 3 is 1.36 bits per heavy atom. The molecule has 0 radical (unpaired) electrons. The van der Waals surface area contributed by atoms with Crippen molar-refractivity contribution in [2.45, 2.75) is 39.9 Å². The third-order valence-electron chi connectivity index (χ3n) is 1.10. The van der Waals surface area contributed by atoms with E-state index in [4.69, 9.17) is 5.73 Å². The summed E-state index contributed by atoms with van der Waals surface area (Å²) in [5.41, 5.74) is 4.77. The highest BCUT2D eigenvalue weighted by Gasteiger charge is 2.38. The zero-order valence-corrected chi connectivity index (χ0v) is 7.37. The number of rotatable bonds is 1. The summed E-state index contributed by atoms with van der Waals surface area (Å²) < 4.78 is 34.7. The van der Waals surface area contributed by atoms with Gasteiger partial charge in [-0.25, -0.2) is 0 Å². The molecule has 0 aromatic rings. The number of halogens is 3.